The average Bonchev–Trinajstić information content (AvgIpc) is 2.83. The second-order valence-corrected chi connectivity index (χ2v) is 7.93. The van der Waals surface area contributed by atoms with Crippen molar-refractivity contribution < 1.29 is 18.7 Å². The zero-order valence-corrected chi connectivity index (χ0v) is 18.2. The van der Waals surface area contributed by atoms with Gasteiger partial charge in [0.15, 0.2) is 0 Å². The Balaban J connectivity index is 1.52. The first-order valence-electron chi connectivity index (χ1n) is 10.7. The van der Waals surface area contributed by atoms with E-state index in [0.29, 0.717) is 18.8 Å². The van der Waals surface area contributed by atoms with E-state index in [2.05, 4.69) is 15.6 Å². The first-order valence-corrected chi connectivity index (χ1v) is 10.7. The Morgan fingerprint density at radius 2 is 1.79 bits per heavy atom. The van der Waals surface area contributed by atoms with Gasteiger partial charge in [0.2, 0.25) is 5.91 Å². The molecule has 170 valence electrons. The lowest BCUT2D eigenvalue weighted by Gasteiger charge is -2.39. The number of rotatable bonds is 6. The lowest BCUT2D eigenvalue weighted by atomic mass is 9.85. The summed E-state index contributed by atoms with van der Waals surface area (Å²) in [6.45, 7) is 0.928. The van der Waals surface area contributed by atoms with Gasteiger partial charge in [0.25, 0.3) is 0 Å². The maximum atomic E-state index is 13.1. The van der Waals surface area contributed by atoms with Gasteiger partial charge in [0.1, 0.15) is 11.6 Å². The van der Waals surface area contributed by atoms with E-state index in [1.807, 2.05) is 36.4 Å². The van der Waals surface area contributed by atoms with Crippen molar-refractivity contribution in [3.8, 4) is 5.75 Å². The number of carbonyl (C=O) groups is 2. The van der Waals surface area contributed by atoms with E-state index in [1.165, 1.54) is 24.3 Å². The molecule has 0 bridgehead atoms. The van der Waals surface area contributed by atoms with Crippen molar-refractivity contribution in [1.82, 2.24) is 15.2 Å². The highest BCUT2D eigenvalue weighted by Crippen LogP contribution is 2.30. The summed E-state index contributed by atoms with van der Waals surface area (Å²) in [5.41, 5.74) is 2.46. The van der Waals surface area contributed by atoms with Gasteiger partial charge in [-0.15, -0.1) is 0 Å². The highest BCUT2D eigenvalue weighted by atomic mass is 19.1. The normalized spacial score (nSPS) is 18.0. The van der Waals surface area contributed by atoms with Gasteiger partial charge in [-0.05, 0) is 59.7 Å². The van der Waals surface area contributed by atoms with Gasteiger partial charge in [-0.3, -0.25) is 9.78 Å². The van der Waals surface area contributed by atoms with Crippen LogP contribution in [0.4, 0.5) is 14.9 Å². The van der Waals surface area contributed by atoms with Crippen molar-refractivity contribution in [2.24, 2.45) is 0 Å². The van der Waals surface area contributed by atoms with Crippen LogP contribution in [0.1, 0.15) is 23.5 Å². The predicted molar refractivity (Wildman–Crippen MR) is 122 cm³/mol. The summed E-state index contributed by atoms with van der Waals surface area (Å²) in [6.07, 6.45) is 3.57. The van der Waals surface area contributed by atoms with Gasteiger partial charge in [0, 0.05) is 49.6 Å². The molecule has 2 heterocycles. The smallest absolute Gasteiger partial charge is 0.319 e. The molecule has 2 atom stereocenters. The molecule has 1 aliphatic rings. The van der Waals surface area contributed by atoms with Crippen LogP contribution in [0.15, 0.2) is 73.1 Å². The monoisotopic (exact) mass is 448 g/mol. The highest BCUT2D eigenvalue weighted by Gasteiger charge is 2.36. The summed E-state index contributed by atoms with van der Waals surface area (Å²) in [4.78, 5) is 31.4. The molecule has 0 spiro atoms. The molecular formula is C25H25FN4O3. The Morgan fingerprint density at radius 3 is 2.45 bits per heavy atom. The second kappa shape index (κ2) is 10.1. The lowest BCUT2D eigenvalue weighted by molar-refractivity contribution is -0.135. The SMILES string of the molecule is COc1ccc(C2CN(Cc3ccncc3)C(=O)C[C@H]2NC(=O)Nc2ccc(F)cc2)cc1. The molecule has 2 N–H and O–H groups in total. The van der Waals surface area contributed by atoms with Crippen LogP contribution < -0.4 is 15.4 Å². The number of pyridine rings is 1. The third kappa shape index (κ3) is 5.65. The van der Waals surface area contributed by atoms with Crippen molar-refractivity contribution >= 4 is 17.6 Å². The molecule has 1 unspecified atom stereocenters. The molecule has 1 fully saturated rings. The second-order valence-electron chi connectivity index (χ2n) is 7.93. The number of nitrogens with one attached hydrogen (secondary N) is 2. The minimum Gasteiger partial charge on any atom is -0.497 e. The fraction of sp³-hybridized carbons (Fsp3) is 0.240. The highest BCUT2D eigenvalue weighted by molar-refractivity contribution is 5.90. The first kappa shape index (κ1) is 22.3. The number of urea groups is 1. The molecule has 4 rings (SSSR count). The van der Waals surface area contributed by atoms with E-state index < -0.39 is 12.1 Å². The maximum absolute atomic E-state index is 13.1. The summed E-state index contributed by atoms with van der Waals surface area (Å²) < 4.78 is 18.4. The number of hydrogen-bond donors (Lipinski definition) is 2. The van der Waals surface area contributed by atoms with Crippen LogP contribution in [-0.4, -0.2) is 41.5 Å². The number of ether oxygens (including phenoxy) is 1. The minimum absolute atomic E-state index is 0.0383. The van der Waals surface area contributed by atoms with Gasteiger partial charge < -0.3 is 20.3 Å². The summed E-state index contributed by atoms with van der Waals surface area (Å²) in [5.74, 6) is 0.198. The number of likely N-dealkylation sites (tertiary alicyclic amines) is 1. The molecule has 1 aromatic heterocycles. The zero-order valence-electron chi connectivity index (χ0n) is 18.2. The number of nitrogens with zero attached hydrogens (tertiary/aromatic N) is 2. The zero-order chi connectivity index (χ0) is 23.2. The molecule has 1 saturated heterocycles. The van der Waals surface area contributed by atoms with E-state index in [1.54, 1.807) is 24.4 Å². The maximum Gasteiger partial charge on any atom is 0.319 e. The third-order valence-electron chi connectivity index (χ3n) is 5.74. The molecule has 7 nitrogen and oxygen atoms in total. The van der Waals surface area contributed by atoms with E-state index >= 15 is 0 Å². The Labute approximate surface area is 191 Å². The summed E-state index contributed by atoms with van der Waals surface area (Å²) in [5, 5.41) is 5.65. The number of piperidine rings is 1. The van der Waals surface area contributed by atoms with Gasteiger partial charge in [0.05, 0.1) is 7.11 Å². The van der Waals surface area contributed by atoms with Crippen LogP contribution in [0, 0.1) is 5.82 Å². The van der Waals surface area contributed by atoms with E-state index in [-0.39, 0.29) is 24.1 Å². The molecule has 2 aromatic carbocycles. The number of halogens is 1. The van der Waals surface area contributed by atoms with Gasteiger partial charge in [-0.1, -0.05) is 12.1 Å². The van der Waals surface area contributed by atoms with Crippen LogP contribution in [0.5, 0.6) is 5.75 Å². The van der Waals surface area contributed by atoms with Crippen LogP contribution in [-0.2, 0) is 11.3 Å². The standard InChI is InChI=1S/C25H25FN4O3/c1-33-21-8-2-18(3-9-21)22-16-30(15-17-10-12-27-13-11-17)24(31)14-23(22)29-25(32)28-20-6-4-19(26)5-7-20/h2-13,22-23H,14-16H2,1H3,(H2,28,29,32)/t22?,23-/m1/s1. The quantitative estimate of drug-likeness (QED) is 0.599. The third-order valence-corrected chi connectivity index (χ3v) is 5.74. The number of aromatic nitrogens is 1. The van der Waals surface area contributed by atoms with E-state index in [9.17, 15) is 14.0 Å². The largest absolute Gasteiger partial charge is 0.497 e. The number of methoxy groups -OCH3 is 1. The minimum atomic E-state index is -0.444. The average molecular weight is 448 g/mol. The topological polar surface area (TPSA) is 83.6 Å². The van der Waals surface area contributed by atoms with Crippen LogP contribution in [0.2, 0.25) is 0 Å². The van der Waals surface area contributed by atoms with Crippen LogP contribution in [0.3, 0.4) is 0 Å². The summed E-state index contributed by atoms with van der Waals surface area (Å²) in [7, 11) is 1.61. The van der Waals surface area contributed by atoms with Gasteiger partial charge in [-0.2, -0.15) is 0 Å². The number of hydrogen-bond acceptors (Lipinski definition) is 4. The Kier molecular flexibility index (Phi) is 6.83. The lowest BCUT2D eigenvalue weighted by Crippen LogP contribution is -2.52. The van der Waals surface area contributed by atoms with Gasteiger partial charge >= 0.3 is 6.03 Å². The molecule has 0 aliphatic carbocycles. The van der Waals surface area contributed by atoms with Crippen LogP contribution in [0.25, 0.3) is 0 Å². The Hall–Kier alpha value is -3.94. The summed E-state index contributed by atoms with van der Waals surface area (Å²) >= 11 is 0. The Bertz CT molecular complexity index is 1090. The molecule has 0 saturated carbocycles. The van der Waals surface area contributed by atoms with E-state index in [4.69, 9.17) is 4.74 Å². The number of anilines is 1. The fourth-order valence-electron chi connectivity index (χ4n) is 4.00. The van der Waals surface area contributed by atoms with Crippen molar-refractivity contribution in [3.05, 3.63) is 90.0 Å². The van der Waals surface area contributed by atoms with Crippen molar-refractivity contribution in [3.63, 3.8) is 0 Å². The molecule has 8 heteroatoms. The first-order chi connectivity index (χ1) is 16.0. The predicted octanol–water partition coefficient (Wildman–Crippen LogP) is 3.94. The summed E-state index contributed by atoms with van der Waals surface area (Å²) in [6, 6.07) is 16.1. The Morgan fingerprint density at radius 1 is 1.09 bits per heavy atom. The number of benzene rings is 2. The molecule has 0 radical (unpaired) electrons. The van der Waals surface area contributed by atoms with Crippen molar-refractivity contribution in [2.45, 2.75) is 24.9 Å². The molecule has 3 amide bonds. The van der Waals surface area contributed by atoms with Crippen LogP contribution >= 0.6 is 0 Å². The van der Waals surface area contributed by atoms with Crippen molar-refractivity contribution in [2.75, 3.05) is 19.0 Å². The number of amides is 3. The molecular weight excluding hydrogens is 423 g/mol. The number of carbonyl (C=O) groups excluding carboxylic acids is 2. The molecule has 33 heavy (non-hydrogen) atoms. The van der Waals surface area contributed by atoms with E-state index in [0.717, 1.165) is 16.9 Å². The van der Waals surface area contributed by atoms with Gasteiger partial charge in [-0.25, -0.2) is 9.18 Å². The molecule has 3 aromatic rings. The van der Waals surface area contributed by atoms with Crippen molar-refractivity contribution in [1.29, 1.82) is 0 Å². The fourth-order valence-corrected chi connectivity index (χ4v) is 4.00. The molecule has 1 aliphatic heterocycles.